The molecule has 1 aromatic heterocycles. The number of benzene rings is 1. The smallest absolute Gasteiger partial charge is 0.270 e. The van der Waals surface area contributed by atoms with Crippen LogP contribution in [0.2, 0.25) is 5.02 Å². The Kier molecular flexibility index (Phi) is 5.90. The van der Waals surface area contributed by atoms with Crippen LogP contribution in [0.5, 0.6) is 0 Å². The Labute approximate surface area is 200 Å². The summed E-state index contributed by atoms with van der Waals surface area (Å²) in [6, 6.07) is 10.3. The second-order valence-electron chi connectivity index (χ2n) is 10.1. The summed E-state index contributed by atoms with van der Waals surface area (Å²) < 4.78 is 26.3. The zero-order chi connectivity index (χ0) is 24.2. The summed E-state index contributed by atoms with van der Waals surface area (Å²) in [5.41, 5.74) is 1.75. The van der Waals surface area contributed by atoms with Crippen LogP contribution >= 0.6 is 11.6 Å². The Morgan fingerprint density at radius 2 is 1.79 bits per heavy atom. The van der Waals surface area contributed by atoms with Crippen LogP contribution in [0, 0.1) is 0 Å². The number of fused-ring (bicyclic) bond motifs is 1. The SMILES string of the molecule is C[C@@H]1Cn2c(C(=O)NCc3ccc(Cl)cc3)ccc2C(=O)N1CC1(S(=O)(=O)C(C)(C)C)CC1. The topological polar surface area (TPSA) is 88.5 Å². The first-order chi connectivity index (χ1) is 15.4. The molecule has 9 heteroatoms. The number of sulfone groups is 1. The highest BCUT2D eigenvalue weighted by Gasteiger charge is 2.60. The highest BCUT2D eigenvalue weighted by atomic mass is 35.5. The summed E-state index contributed by atoms with van der Waals surface area (Å²) in [5, 5.41) is 3.52. The number of aromatic nitrogens is 1. The van der Waals surface area contributed by atoms with Crippen molar-refractivity contribution in [3.8, 4) is 0 Å². The van der Waals surface area contributed by atoms with E-state index >= 15 is 0 Å². The van der Waals surface area contributed by atoms with Crippen molar-refractivity contribution in [2.24, 2.45) is 0 Å². The molecule has 2 aromatic rings. The van der Waals surface area contributed by atoms with Crippen molar-refractivity contribution in [3.05, 3.63) is 58.4 Å². The molecule has 0 spiro atoms. The lowest BCUT2D eigenvalue weighted by Gasteiger charge is -2.38. The third kappa shape index (κ3) is 4.19. The summed E-state index contributed by atoms with van der Waals surface area (Å²) in [6.45, 7) is 8.01. The van der Waals surface area contributed by atoms with Gasteiger partial charge >= 0.3 is 0 Å². The van der Waals surface area contributed by atoms with Gasteiger partial charge in [0.25, 0.3) is 11.8 Å². The third-order valence-electron chi connectivity index (χ3n) is 6.68. The average Bonchev–Trinajstić information content (AvgIpc) is 3.42. The maximum absolute atomic E-state index is 13.3. The average molecular weight is 492 g/mol. The maximum Gasteiger partial charge on any atom is 0.270 e. The van der Waals surface area contributed by atoms with Crippen LogP contribution in [0.3, 0.4) is 0 Å². The highest BCUT2D eigenvalue weighted by Crippen LogP contribution is 2.49. The number of hydrogen-bond acceptors (Lipinski definition) is 4. The van der Waals surface area contributed by atoms with E-state index in [1.54, 1.807) is 54.5 Å². The van der Waals surface area contributed by atoms with Crippen molar-refractivity contribution < 1.29 is 18.0 Å². The van der Waals surface area contributed by atoms with Crippen molar-refractivity contribution in [1.29, 1.82) is 0 Å². The molecule has 0 saturated heterocycles. The number of rotatable bonds is 6. The van der Waals surface area contributed by atoms with Gasteiger partial charge in [-0.25, -0.2) is 8.42 Å². The van der Waals surface area contributed by atoms with Crippen LogP contribution in [0.15, 0.2) is 36.4 Å². The largest absolute Gasteiger partial charge is 0.347 e. The fourth-order valence-corrected chi connectivity index (χ4v) is 6.85. The number of nitrogens with zero attached hydrogens (tertiary/aromatic N) is 2. The molecule has 1 N–H and O–H groups in total. The molecule has 0 radical (unpaired) electrons. The first-order valence-corrected chi connectivity index (χ1v) is 13.0. The van der Waals surface area contributed by atoms with Gasteiger partial charge in [-0.2, -0.15) is 0 Å². The van der Waals surface area contributed by atoms with Gasteiger partial charge in [-0.3, -0.25) is 9.59 Å². The predicted molar refractivity (Wildman–Crippen MR) is 128 cm³/mol. The monoisotopic (exact) mass is 491 g/mol. The fourth-order valence-electron chi connectivity index (χ4n) is 4.47. The summed E-state index contributed by atoms with van der Waals surface area (Å²) in [6.07, 6.45) is 1.14. The number of carbonyl (C=O) groups is 2. The molecule has 0 unspecified atom stereocenters. The number of halogens is 1. The second-order valence-corrected chi connectivity index (χ2v) is 13.6. The molecule has 1 aromatic carbocycles. The lowest BCUT2D eigenvalue weighted by molar-refractivity contribution is 0.0606. The van der Waals surface area contributed by atoms with Gasteiger partial charge in [0.05, 0.1) is 9.49 Å². The van der Waals surface area contributed by atoms with Gasteiger partial charge in [0.15, 0.2) is 9.84 Å². The minimum Gasteiger partial charge on any atom is -0.347 e. The molecule has 1 aliphatic carbocycles. The van der Waals surface area contributed by atoms with Gasteiger partial charge in [-0.1, -0.05) is 23.7 Å². The molecule has 1 saturated carbocycles. The molecule has 2 heterocycles. The molecule has 2 aliphatic rings. The lowest BCUT2D eigenvalue weighted by Crippen LogP contribution is -2.53. The van der Waals surface area contributed by atoms with E-state index in [0.717, 1.165) is 5.56 Å². The van der Waals surface area contributed by atoms with Crippen LogP contribution in [-0.4, -0.2) is 51.8 Å². The number of hydrogen-bond donors (Lipinski definition) is 1. The van der Waals surface area contributed by atoms with Gasteiger partial charge in [0.1, 0.15) is 11.4 Å². The van der Waals surface area contributed by atoms with Crippen LogP contribution in [0.4, 0.5) is 0 Å². The van der Waals surface area contributed by atoms with E-state index in [1.807, 2.05) is 19.1 Å². The first kappa shape index (κ1) is 23.8. The normalized spacial score (nSPS) is 19.8. The van der Waals surface area contributed by atoms with E-state index in [-0.39, 0.29) is 24.4 Å². The maximum atomic E-state index is 13.3. The van der Waals surface area contributed by atoms with Crippen LogP contribution in [0.25, 0.3) is 0 Å². The van der Waals surface area contributed by atoms with Gasteiger partial charge in [0.2, 0.25) is 0 Å². The third-order valence-corrected chi connectivity index (χ3v) is 10.2. The quantitative estimate of drug-likeness (QED) is 0.667. The Morgan fingerprint density at radius 1 is 1.15 bits per heavy atom. The van der Waals surface area contributed by atoms with Crippen molar-refractivity contribution in [3.63, 3.8) is 0 Å². The zero-order valence-corrected chi connectivity index (χ0v) is 21.0. The van der Waals surface area contributed by atoms with Gasteiger partial charge in [-0.05, 0) is 70.4 Å². The number of carbonyl (C=O) groups excluding carboxylic acids is 2. The highest BCUT2D eigenvalue weighted by molar-refractivity contribution is 7.94. The van der Waals surface area contributed by atoms with E-state index in [9.17, 15) is 18.0 Å². The van der Waals surface area contributed by atoms with E-state index in [4.69, 9.17) is 11.6 Å². The molecule has 1 fully saturated rings. The fraction of sp³-hybridized carbons (Fsp3) is 0.500. The van der Waals surface area contributed by atoms with E-state index in [0.29, 0.717) is 42.3 Å². The first-order valence-electron chi connectivity index (χ1n) is 11.1. The molecule has 4 rings (SSSR count). The molecule has 7 nitrogen and oxygen atoms in total. The number of amides is 2. The van der Waals surface area contributed by atoms with Crippen molar-refractivity contribution >= 4 is 33.3 Å². The molecular weight excluding hydrogens is 462 g/mol. The van der Waals surface area contributed by atoms with Crippen LogP contribution in [-0.2, 0) is 22.9 Å². The predicted octanol–water partition coefficient (Wildman–Crippen LogP) is 3.66. The summed E-state index contributed by atoms with van der Waals surface area (Å²) in [7, 11) is -3.41. The van der Waals surface area contributed by atoms with Crippen molar-refractivity contribution in [2.45, 2.75) is 69.2 Å². The standard InChI is InChI=1S/C24H30ClN3O4S/c1-16-14-27-19(21(29)26-13-17-5-7-18(25)8-6-17)9-10-20(27)22(30)28(16)15-24(11-12-24)33(31,32)23(2,3)4/h5-10,16H,11-15H2,1-4H3,(H,26,29)/t16-/m1/s1. The Balaban J connectivity index is 1.51. The van der Waals surface area contributed by atoms with E-state index in [2.05, 4.69) is 5.32 Å². The summed E-state index contributed by atoms with van der Waals surface area (Å²) in [5.74, 6) is -0.500. The minimum absolute atomic E-state index is 0.190. The van der Waals surface area contributed by atoms with Crippen LogP contribution in [0.1, 0.15) is 67.1 Å². The lowest BCUT2D eigenvalue weighted by atomic mass is 10.1. The van der Waals surface area contributed by atoms with Gasteiger partial charge in [0, 0.05) is 30.7 Å². The second kappa shape index (κ2) is 8.17. The molecular formula is C24H30ClN3O4S. The molecule has 33 heavy (non-hydrogen) atoms. The zero-order valence-electron chi connectivity index (χ0n) is 19.4. The Bertz CT molecular complexity index is 1190. The van der Waals surface area contributed by atoms with E-state index in [1.165, 1.54) is 0 Å². The van der Waals surface area contributed by atoms with Gasteiger partial charge in [-0.15, -0.1) is 0 Å². The Hall–Kier alpha value is -2.32. The van der Waals surface area contributed by atoms with Gasteiger partial charge < -0.3 is 14.8 Å². The number of nitrogens with one attached hydrogen (secondary N) is 1. The molecule has 0 bridgehead atoms. The Morgan fingerprint density at radius 3 is 2.36 bits per heavy atom. The van der Waals surface area contributed by atoms with E-state index < -0.39 is 19.3 Å². The minimum atomic E-state index is -3.41. The summed E-state index contributed by atoms with van der Waals surface area (Å²) in [4.78, 5) is 27.8. The summed E-state index contributed by atoms with van der Waals surface area (Å²) >= 11 is 5.91. The molecule has 2 amide bonds. The van der Waals surface area contributed by atoms with Crippen molar-refractivity contribution in [2.75, 3.05) is 6.54 Å². The molecule has 1 atom stereocenters. The van der Waals surface area contributed by atoms with Crippen LogP contribution < -0.4 is 5.32 Å². The van der Waals surface area contributed by atoms with Crippen molar-refractivity contribution in [1.82, 2.24) is 14.8 Å². The molecule has 178 valence electrons. The molecule has 1 aliphatic heterocycles.